The Labute approximate surface area is 202 Å². The highest BCUT2D eigenvalue weighted by Crippen LogP contribution is 2.17. The van der Waals surface area contributed by atoms with E-state index in [1.54, 1.807) is 68.6 Å². The zero-order chi connectivity index (χ0) is 25.2. The average molecular weight is 480 g/mol. The molecule has 0 spiro atoms. The van der Waals surface area contributed by atoms with Crippen molar-refractivity contribution in [2.75, 3.05) is 32.1 Å². The smallest absolute Gasteiger partial charge is 0.262 e. The number of hydrogen-bond acceptors (Lipinski definition) is 5. The van der Waals surface area contributed by atoms with Crippen molar-refractivity contribution in [1.82, 2.24) is 10.6 Å². The Kier molecular flexibility index (Phi) is 8.77. The van der Waals surface area contributed by atoms with Crippen LogP contribution in [0.5, 0.6) is 11.5 Å². The molecular weight excluding hydrogens is 453 g/mol. The highest BCUT2D eigenvalue weighted by molar-refractivity contribution is 5.95. The minimum absolute atomic E-state index is 0.184. The second-order valence-electron chi connectivity index (χ2n) is 7.57. The summed E-state index contributed by atoms with van der Waals surface area (Å²) in [7, 11) is 1.54. The summed E-state index contributed by atoms with van der Waals surface area (Å²) >= 11 is 0. The number of nitrogens with one attached hydrogen (secondary N) is 3. The SMILES string of the molecule is COc1cccc(NC(=O)COc2ccc(C(=O)NCCNC(=O)c3ccc(C)c(F)c3)cc2)c1. The van der Waals surface area contributed by atoms with Gasteiger partial charge in [-0.1, -0.05) is 12.1 Å². The van der Waals surface area contributed by atoms with E-state index in [1.807, 2.05) is 0 Å². The van der Waals surface area contributed by atoms with Crippen LogP contribution in [0.4, 0.5) is 10.1 Å². The number of carbonyl (C=O) groups excluding carboxylic acids is 3. The lowest BCUT2D eigenvalue weighted by Crippen LogP contribution is -2.34. The Morgan fingerprint density at radius 2 is 1.49 bits per heavy atom. The van der Waals surface area contributed by atoms with Gasteiger partial charge in [0, 0.05) is 36.0 Å². The molecule has 0 radical (unpaired) electrons. The van der Waals surface area contributed by atoms with E-state index in [0.717, 1.165) is 0 Å². The number of hydrogen-bond donors (Lipinski definition) is 3. The van der Waals surface area contributed by atoms with Crippen molar-refractivity contribution in [3.63, 3.8) is 0 Å². The summed E-state index contributed by atoms with van der Waals surface area (Å²) in [6.45, 7) is 1.80. The van der Waals surface area contributed by atoms with Crippen molar-refractivity contribution in [3.05, 3.63) is 89.2 Å². The number of amides is 3. The van der Waals surface area contributed by atoms with Crippen molar-refractivity contribution >= 4 is 23.4 Å². The van der Waals surface area contributed by atoms with Gasteiger partial charge in [0.1, 0.15) is 17.3 Å². The summed E-state index contributed by atoms with van der Waals surface area (Å²) in [5.74, 6) is -0.481. The molecule has 0 unspecified atom stereocenters. The third-order valence-corrected chi connectivity index (χ3v) is 4.97. The molecule has 3 aromatic rings. The minimum Gasteiger partial charge on any atom is -0.497 e. The molecule has 3 rings (SSSR count). The van der Waals surface area contributed by atoms with E-state index in [0.29, 0.717) is 28.3 Å². The molecule has 0 atom stereocenters. The van der Waals surface area contributed by atoms with Crippen molar-refractivity contribution in [2.24, 2.45) is 0 Å². The van der Waals surface area contributed by atoms with Gasteiger partial charge in [-0.25, -0.2) is 4.39 Å². The largest absolute Gasteiger partial charge is 0.497 e. The van der Waals surface area contributed by atoms with Gasteiger partial charge in [-0.3, -0.25) is 14.4 Å². The number of aryl methyl sites for hydroxylation is 1. The molecule has 0 saturated heterocycles. The van der Waals surface area contributed by atoms with Gasteiger partial charge in [-0.15, -0.1) is 0 Å². The van der Waals surface area contributed by atoms with E-state index in [-0.39, 0.29) is 37.1 Å². The van der Waals surface area contributed by atoms with E-state index in [1.165, 1.54) is 12.1 Å². The Bertz CT molecular complexity index is 1200. The number of carbonyl (C=O) groups is 3. The summed E-state index contributed by atoms with van der Waals surface area (Å²) in [4.78, 5) is 36.4. The third kappa shape index (κ3) is 7.56. The Morgan fingerprint density at radius 1 is 0.829 bits per heavy atom. The van der Waals surface area contributed by atoms with Crippen LogP contribution in [0.2, 0.25) is 0 Å². The molecule has 0 fully saturated rings. The van der Waals surface area contributed by atoms with Gasteiger partial charge < -0.3 is 25.4 Å². The maximum atomic E-state index is 13.6. The van der Waals surface area contributed by atoms with Gasteiger partial charge in [-0.2, -0.15) is 0 Å². The minimum atomic E-state index is -0.448. The lowest BCUT2D eigenvalue weighted by molar-refractivity contribution is -0.118. The van der Waals surface area contributed by atoms with Crippen LogP contribution in [0.25, 0.3) is 0 Å². The lowest BCUT2D eigenvalue weighted by Gasteiger charge is -2.10. The van der Waals surface area contributed by atoms with Crippen LogP contribution in [-0.4, -0.2) is 44.5 Å². The molecule has 0 bridgehead atoms. The predicted octanol–water partition coefficient (Wildman–Crippen LogP) is 3.32. The topological polar surface area (TPSA) is 106 Å². The summed E-state index contributed by atoms with van der Waals surface area (Å²) in [6.07, 6.45) is 0. The van der Waals surface area contributed by atoms with Crippen LogP contribution >= 0.6 is 0 Å². The number of benzene rings is 3. The Morgan fingerprint density at radius 3 is 2.14 bits per heavy atom. The first-order valence-corrected chi connectivity index (χ1v) is 10.8. The quantitative estimate of drug-likeness (QED) is 0.387. The normalized spacial score (nSPS) is 10.3. The molecule has 3 aromatic carbocycles. The molecule has 182 valence electrons. The summed E-state index contributed by atoms with van der Waals surface area (Å²) in [6, 6.07) is 17.5. The van der Waals surface area contributed by atoms with Gasteiger partial charge in [-0.05, 0) is 61.0 Å². The monoisotopic (exact) mass is 479 g/mol. The van der Waals surface area contributed by atoms with E-state index in [2.05, 4.69) is 16.0 Å². The molecule has 35 heavy (non-hydrogen) atoms. The van der Waals surface area contributed by atoms with Crippen molar-refractivity contribution in [3.8, 4) is 11.5 Å². The molecule has 0 saturated carbocycles. The average Bonchev–Trinajstić information content (AvgIpc) is 2.87. The number of anilines is 1. The van der Waals surface area contributed by atoms with Crippen LogP contribution in [0, 0.1) is 12.7 Å². The molecule has 3 amide bonds. The van der Waals surface area contributed by atoms with E-state index < -0.39 is 11.7 Å². The fourth-order valence-electron chi connectivity index (χ4n) is 3.04. The van der Waals surface area contributed by atoms with Gasteiger partial charge in [0.05, 0.1) is 7.11 Å². The first-order chi connectivity index (χ1) is 16.9. The summed E-state index contributed by atoms with van der Waals surface area (Å²) < 4.78 is 24.2. The van der Waals surface area contributed by atoms with Crippen LogP contribution in [0.15, 0.2) is 66.7 Å². The van der Waals surface area contributed by atoms with Crippen LogP contribution in [-0.2, 0) is 4.79 Å². The second-order valence-corrected chi connectivity index (χ2v) is 7.57. The molecule has 0 aliphatic rings. The number of halogens is 1. The summed E-state index contributed by atoms with van der Waals surface area (Å²) in [5, 5.41) is 8.03. The van der Waals surface area contributed by atoms with Crippen molar-refractivity contribution in [1.29, 1.82) is 0 Å². The highest BCUT2D eigenvalue weighted by Gasteiger charge is 2.10. The second kappa shape index (κ2) is 12.2. The zero-order valence-corrected chi connectivity index (χ0v) is 19.4. The van der Waals surface area contributed by atoms with Crippen LogP contribution in [0.3, 0.4) is 0 Å². The molecule has 0 aliphatic heterocycles. The Balaban J connectivity index is 1.39. The number of rotatable bonds is 10. The van der Waals surface area contributed by atoms with Gasteiger partial charge in [0.2, 0.25) is 0 Å². The molecule has 9 heteroatoms. The number of ether oxygens (including phenoxy) is 2. The first kappa shape index (κ1) is 25.2. The van der Waals surface area contributed by atoms with Gasteiger partial charge in [0.15, 0.2) is 6.61 Å². The van der Waals surface area contributed by atoms with Crippen molar-refractivity contribution < 1.29 is 28.2 Å². The van der Waals surface area contributed by atoms with Crippen LogP contribution < -0.4 is 25.4 Å². The fraction of sp³-hybridized carbons (Fsp3) is 0.192. The predicted molar refractivity (Wildman–Crippen MR) is 129 cm³/mol. The first-order valence-electron chi connectivity index (χ1n) is 10.8. The fourth-order valence-corrected chi connectivity index (χ4v) is 3.04. The summed E-state index contributed by atoms with van der Waals surface area (Å²) in [5.41, 5.74) is 1.66. The third-order valence-electron chi connectivity index (χ3n) is 4.97. The standard InChI is InChI=1S/C26H26FN3O5/c1-17-6-7-19(14-23(17)27)26(33)29-13-12-28-25(32)18-8-10-21(11-9-18)35-16-24(31)30-20-4-3-5-22(15-20)34-2/h3-11,14-15H,12-13,16H2,1-2H3,(H,28,32)(H,29,33)(H,30,31). The molecule has 0 heterocycles. The highest BCUT2D eigenvalue weighted by atomic mass is 19.1. The maximum Gasteiger partial charge on any atom is 0.262 e. The molecule has 8 nitrogen and oxygen atoms in total. The molecule has 0 aromatic heterocycles. The lowest BCUT2D eigenvalue weighted by atomic mass is 10.1. The van der Waals surface area contributed by atoms with Crippen LogP contribution in [0.1, 0.15) is 26.3 Å². The van der Waals surface area contributed by atoms with Gasteiger partial charge in [0.25, 0.3) is 17.7 Å². The van der Waals surface area contributed by atoms with Crippen molar-refractivity contribution in [2.45, 2.75) is 6.92 Å². The van der Waals surface area contributed by atoms with E-state index >= 15 is 0 Å². The van der Waals surface area contributed by atoms with E-state index in [9.17, 15) is 18.8 Å². The number of methoxy groups -OCH3 is 1. The zero-order valence-electron chi connectivity index (χ0n) is 19.4. The molecular formula is C26H26FN3O5. The van der Waals surface area contributed by atoms with Gasteiger partial charge >= 0.3 is 0 Å². The Hall–Kier alpha value is -4.40. The molecule has 3 N–H and O–H groups in total. The van der Waals surface area contributed by atoms with E-state index in [4.69, 9.17) is 9.47 Å². The molecule has 0 aliphatic carbocycles. The maximum absolute atomic E-state index is 13.6.